The van der Waals surface area contributed by atoms with E-state index in [0.717, 1.165) is 0 Å². The Labute approximate surface area is 61.3 Å². The summed E-state index contributed by atoms with van der Waals surface area (Å²) < 4.78 is 2.65. The van der Waals surface area contributed by atoms with Crippen molar-refractivity contribution >= 4 is 28.8 Å². The second kappa shape index (κ2) is 4.89. The van der Waals surface area contributed by atoms with Crippen molar-refractivity contribution in [3.8, 4) is 0 Å². The molecule has 2 N–H and O–H groups in total. The van der Waals surface area contributed by atoms with E-state index in [1.807, 2.05) is 22.9 Å². The van der Waals surface area contributed by atoms with Crippen LogP contribution in [0.25, 0.3) is 0 Å². The maximum Gasteiger partial charge on any atom is 0.307 e. The zero-order valence-electron chi connectivity index (χ0n) is 4.10. The van der Waals surface area contributed by atoms with Crippen LogP contribution >= 0.6 is 22.9 Å². The molecule has 0 unspecified atom stereocenters. The summed E-state index contributed by atoms with van der Waals surface area (Å²) in [4.78, 5) is 9.79. The van der Waals surface area contributed by atoms with Gasteiger partial charge in [-0.25, -0.2) is 0 Å². The number of hydrogen-bond donors (Lipinski definition) is 2. The fraction of sp³-hybridized carbons (Fsp3) is 0.250. The average Bonchev–Trinajstić information content (AvgIpc) is 1.66. The number of halogens is 1. The molecule has 0 aliphatic heterocycles. The highest BCUT2D eigenvalue weighted by Crippen LogP contribution is 1.80. The van der Waals surface area contributed by atoms with Crippen LogP contribution in [0.2, 0.25) is 0 Å². The normalized spacial score (nSPS) is 9.62. The molecule has 4 heteroatoms. The Bertz CT molecular complexity index is 102. The van der Waals surface area contributed by atoms with Gasteiger partial charge in [0.15, 0.2) is 0 Å². The molecule has 0 saturated carbocycles. The summed E-state index contributed by atoms with van der Waals surface area (Å²) in [6.07, 6.45) is 3.19. The number of carboxylic acid groups (broad SMARTS) is 1. The second-order valence-corrected chi connectivity index (χ2v) is 1.73. The second-order valence-electron chi connectivity index (χ2n) is 1.11. The minimum Gasteiger partial charge on any atom is -0.481 e. The smallest absolute Gasteiger partial charge is 0.307 e. The van der Waals surface area contributed by atoms with Crippen LogP contribution in [-0.4, -0.2) is 11.1 Å². The third-order valence-electron chi connectivity index (χ3n) is 0.473. The fourth-order valence-corrected chi connectivity index (χ4v) is 0.459. The van der Waals surface area contributed by atoms with E-state index in [0.29, 0.717) is 0 Å². The highest BCUT2D eigenvalue weighted by atomic mass is 127. The first-order valence-electron chi connectivity index (χ1n) is 2.00. The SMILES string of the molecule is O=C(O)C/C=C/NI. The predicted octanol–water partition coefficient (Wildman–Crippen LogP) is 0.914. The van der Waals surface area contributed by atoms with Crippen LogP contribution in [0.3, 0.4) is 0 Å². The third-order valence-corrected chi connectivity index (χ3v) is 0.833. The lowest BCUT2D eigenvalue weighted by molar-refractivity contribution is -0.136. The molecule has 0 heterocycles. The largest absolute Gasteiger partial charge is 0.481 e. The van der Waals surface area contributed by atoms with Gasteiger partial charge in [0.1, 0.15) is 0 Å². The molecule has 0 aromatic rings. The van der Waals surface area contributed by atoms with Gasteiger partial charge in [-0.1, -0.05) is 6.08 Å². The standard InChI is InChI=1S/C4H6INO2/c5-6-3-1-2-4(7)8/h1,3,6H,2H2,(H,7,8)/b3-1+. The molecule has 0 saturated heterocycles. The first kappa shape index (κ1) is 7.74. The van der Waals surface area contributed by atoms with Crippen LogP contribution in [0.1, 0.15) is 6.42 Å². The minimum absolute atomic E-state index is 0.0794. The summed E-state index contributed by atoms with van der Waals surface area (Å²) in [6.45, 7) is 0. The lowest BCUT2D eigenvalue weighted by Gasteiger charge is -1.81. The Kier molecular flexibility index (Phi) is 4.73. The molecule has 3 nitrogen and oxygen atoms in total. The van der Waals surface area contributed by atoms with Crippen LogP contribution < -0.4 is 3.53 Å². The monoisotopic (exact) mass is 227 g/mol. The van der Waals surface area contributed by atoms with Crippen molar-refractivity contribution in [2.75, 3.05) is 0 Å². The van der Waals surface area contributed by atoms with E-state index >= 15 is 0 Å². The fourth-order valence-electron chi connectivity index (χ4n) is 0.204. The van der Waals surface area contributed by atoms with Crippen molar-refractivity contribution in [2.24, 2.45) is 0 Å². The molecular weight excluding hydrogens is 221 g/mol. The zero-order chi connectivity index (χ0) is 6.41. The van der Waals surface area contributed by atoms with Crippen molar-refractivity contribution in [1.29, 1.82) is 0 Å². The van der Waals surface area contributed by atoms with Gasteiger partial charge in [-0.05, 0) is 0 Å². The average molecular weight is 227 g/mol. The maximum absolute atomic E-state index is 9.79. The van der Waals surface area contributed by atoms with E-state index in [4.69, 9.17) is 5.11 Å². The van der Waals surface area contributed by atoms with Gasteiger partial charge < -0.3 is 8.64 Å². The zero-order valence-corrected chi connectivity index (χ0v) is 6.25. The lowest BCUT2D eigenvalue weighted by Crippen LogP contribution is -1.91. The highest BCUT2D eigenvalue weighted by molar-refractivity contribution is 14.1. The number of carbonyl (C=O) groups is 1. The van der Waals surface area contributed by atoms with Gasteiger partial charge in [-0.15, -0.1) is 0 Å². The topological polar surface area (TPSA) is 49.3 Å². The van der Waals surface area contributed by atoms with Gasteiger partial charge in [0, 0.05) is 6.20 Å². The number of aliphatic carboxylic acids is 1. The summed E-state index contributed by atoms with van der Waals surface area (Å²) in [5.74, 6) is -0.812. The Morgan fingerprint density at radius 2 is 2.50 bits per heavy atom. The Morgan fingerprint density at radius 3 is 2.88 bits per heavy atom. The summed E-state index contributed by atoms with van der Waals surface area (Å²) in [5.41, 5.74) is 0. The van der Waals surface area contributed by atoms with E-state index in [-0.39, 0.29) is 6.42 Å². The Balaban J connectivity index is 3.16. The Morgan fingerprint density at radius 1 is 1.88 bits per heavy atom. The van der Waals surface area contributed by atoms with Gasteiger partial charge in [0.2, 0.25) is 0 Å². The summed E-state index contributed by atoms with van der Waals surface area (Å²) in [7, 11) is 0. The predicted molar refractivity (Wildman–Crippen MR) is 38.5 cm³/mol. The quantitative estimate of drug-likeness (QED) is 0.556. The molecule has 0 spiro atoms. The van der Waals surface area contributed by atoms with Crippen LogP contribution in [0, 0.1) is 0 Å². The van der Waals surface area contributed by atoms with Gasteiger partial charge in [-0.2, -0.15) is 0 Å². The van der Waals surface area contributed by atoms with Gasteiger partial charge in [0.05, 0.1) is 29.3 Å². The van der Waals surface area contributed by atoms with Gasteiger partial charge in [-0.3, -0.25) is 4.79 Å². The molecular formula is C4H6INO2. The molecule has 0 amide bonds. The Hall–Kier alpha value is -0.260. The van der Waals surface area contributed by atoms with Crippen molar-refractivity contribution in [2.45, 2.75) is 6.42 Å². The summed E-state index contributed by atoms with van der Waals surface area (Å²) in [6, 6.07) is 0. The molecule has 0 aliphatic carbocycles. The van der Waals surface area contributed by atoms with E-state index in [2.05, 4.69) is 3.53 Å². The number of nitrogens with one attached hydrogen (secondary N) is 1. The minimum atomic E-state index is -0.812. The van der Waals surface area contributed by atoms with Crippen molar-refractivity contribution in [3.63, 3.8) is 0 Å². The molecule has 0 fully saturated rings. The van der Waals surface area contributed by atoms with E-state index in [9.17, 15) is 4.79 Å². The van der Waals surface area contributed by atoms with E-state index in [1.54, 1.807) is 6.20 Å². The highest BCUT2D eigenvalue weighted by Gasteiger charge is 1.86. The van der Waals surface area contributed by atoms with Crippen LogP contribution in [0.15, 0.2) is 12.3 Å². The van der Waals surface area contributed by atoms with Crippen LogP contribution in [0.5, 0.6) is 0 Å². The van der Waals surface area contributed by atoms with Crippen LogP contribution in [0.4, 0.5) is 0 Å². The van der Waals surface area contributed by atoms with Crippen molar-refractivity contribution < 1.29 is 9.90 Å². The first-order chi connectivity index (χ1) is 3.77. The van der Waals surface area contributed by atoms with Crippen molar-refractivity contribution in [3.05, 3.63) is 12.3 Å². The van der Waals surface area contributed by atoms with Crippen LogP contribution in [-0.2, 0) is 4.79 Å². The molecule has 46 valence electrons. The molecule has 0 rings (SSSR count). The number of rotatable bonds is 3. The summed E-state index contributed by atoms with van der Waals surface area (Å²) >= 11 is 1.90. The van der Waals surface area contributed by atoms with E-state index < -0.39 is 5.97 Å². The molecule has 0 aliphatic rings. The summed E-state index contributed by atoms with van der Waals surface area (Å²) in [5, 5.41) is 8.06. The number of hydrogen-bond acceptors (Lipinski definition) is 2. The molecule has 0 radical (unpaired) electrons. The van der Waals surface area contributed by atoms with Gasteiger partial charge in [0.25, 0.3) is 0 Å². The molecule has 0 aromatic heterocycles. The van der Waals surface area contributed by atoms with Crippen molar-refractivity contribution in [1.82, 2.24) is 3.53 Å². The molecule has 8 heavy (non-hydrogen) atoms. The first-order valence-corrected chi connectivity index (χ1v) is 3.08. The molecule has 0 atom stereocenters. The maximum atomic E-state index is 9.79. The third kappa shape index (κ3) is 5.74. The molecule has 0 bridgehead atoms. The number of carboxylic acids is 1. The molecule has 0 aromatic carbocycles. The van der Waals surface area contributed by atoms with Gasteiger partial charge >= 0.3 is 5.97 Å². The van der Waals surface area contributed by atoms with E-state index in [1.165, 1.54) is 6.08 Å². The lowest BCUT2D eigenvalue weighted by atomic mass is 10.4.